The molecule has 0 bridgehead atoms. The number of carbonyl (C=O) groups excluding carboxylic acids is 2. The van der Waals surface area contributed by atoms with Crippen LogP contribution in [0.2, 0.25) is 0 Å². The second kappa shape index (κ2) is 9.41. The lowest BCUT2D eigenvalue weighted by Crippen LogP contribution is -2.11. The zero-order valence-corrected chi connectivity index (χ0v) is 16.2. The molecule has 148 valence electrons. The van der Waals surface area contributed by atoms with Gasteiger partial charge in [0.2, 0.25) is 0 Å². The van der Waals surface area contributed by atoms with Crippen molar-refractivity contribution in [3.63, 3.8) is 0 Å². The van der Waals surface area contributed by atoms with Gasteiger partial charge in [-0.15, -0.1) is 0 Å². The number of esters is 1. The van der Waals surface area contributed by atoms with E-state index in [0.717, 1.165) is 11.3 Å². The molecule has 0 saturated carbocycles. The Kier molecular flexibility index (Phi) is 6.47. The molecular formula is C23H21NO5. The number of methoxy groups -OCH3 is 2. The van der Waals surface area contributed by atoms with E-state index in [-0.39, 0.29) is 12.5 Å². The van der Waals surface area contributed by atoms with Gasteiger partial charge >= 0.3 is 5.97 Å². The highest BCUT2D eigenvalue weighted by atomic mass is 16.5. The summed E-state index contributed by atoms with van der Waals surface area (Å²) in [5.41, 5.74) is 2.57. The normalized spacial score (nSPS) is 10.1. The number of amides is 1. The van der Waals surface area contributed by atoms with Gasteiger partial charge in [0, 0.05) is 11.3 Å². The molecule has 0 aliphatic carbocycles. The van der Waals surface area contributed by atoms with Gasteiger partial charge in [-0.25, -0.2) is 4.79 Å². The van der Waals surface area contributed by atoms with E-state index in [0.29, 0.717) is 22.6 Å². The van der Waals surface area contributed by atoms with E-state index < -0.39 is 5.97 Å². The molecule has 0 spiro atoms. The molecule has 0 aromatic heterocycles. The largest absolute Gasteiger partial charge is 0.493 e. The SMILES string of the molecule is COC(=O)c1ccc(OCc2ccc(C(=O)Nc3ccccc3)cc2)c(OC)c1. The highest BCUT2D eigenvalue weighted by Gasteiger charge is 2.12. The van der Waals surface area contributed by atoms with Crippen LogP contribution in [0.1, 0.15) is 26.3 Å². The van der Waals surface area contributed by atoms with Gasteiger partial charge in [-0.2, -0.15) is 0 Å². The number of ether oxygens (including phenoxy) is 3. The molecule has 6 nitrogen and oxygen atoms in total. The Bertz CT molecular complexity index is 984. The first-order chi connectivity index (χ1) is 14.1. The monoisotopic (exact) mass is 391 g/mol. The van der Waals surface area contributed by atoms with Crippen LogP contribution in [0, 0.1) is 0 Å². The minimum absolute atomic E-state index is 0.177. The summed E-state index contributed by atoms with van der Waals surface area (Å²) in [7, 11) is 2.83. The number of rotatable bonds is 7. The predicted octanol–water partition coefficient (Wildman–Crippen LogP) is 4.31. The van der Waals surface area contributed by atoms with Gasteiger partial charge in [0.25, 0.3) is 5.91 Å². The molecule has 29 heavy (non-hydrogen) atoms. The molecule has 1 amide bonds. The van der Waals surface area contributed by atoms with E-state index >= 15 is 0 Å². The lowest BCUT2D eigenvalue weighted by molar-refractivity contribution is 0.0600. The Morgan fingerprint density at radius 3 is 2.17 bits per heavy atom. The van der Waals surface area contributed by atoms with E-state index in [4.69, 9.17) is 14.2 Å². The molecule has 0 aliphatic rings. The van der Waals surface area contributed by atoms with E-state index in [1.807, 2.05) is 42.5 Å². The van der Waals surface area contributed by atoms with Crippen LogP contribution < -0.4 is 14.8 Å². The topological polar surface area (TPSA) is 73.9 Å². The summed E-state index contributed by atoms with van der Waals surface area (Å²) >= 11 is 0. The van der Waals surface area contributed by atoms with E-state index in [9.17, 15) is 9.59 Å². The Labute approximate surface area is 169 Å². The van der Waals surface area contributed by atoms with Crippen LogP contribution in [0.3, 0.4) is 0 Å². The van der Waals surface area contributed by atoms with Crippen molar-refractivity contribution in [2.24, 2.45) is 0 Å². The van der Waals surface area contributed by atoms with Gasteiger partial charge in [0.05, 0.1) is 19.8 Å². The molecule has 3 aromatic carbocycles. The van der Waals surface area contributed by atoms with Crippen LogP contribution in [-0.4, -0.2) is 26.1 Å². The highest BCUT2D eigenvalue weighted by molar-refractivity contribution is 6.04. The molecule has 0 unspecified atom stereocenters. The number of nitrogens with one attached hydrogen (secondary N) is 1. The van der Waals surface area contributed by atoms with Crippen LogP contribution in [0.25, 0.3) is 0 Å². The van der Waals surface area contributed by atoms with Gasteiger partial charge in [-0.05, 0) is 48.0 Å². The summed E-state index contributed by atoms with van der Waals surface area (Å²) in [5.74, 6) is 0.320. The fourth-order valence-corrected chi connectivity index (χ4v) is 2.67. The van der Waals surface area contributed by atoms with Crippen molar-refractivity contribution in [1.82, 2.24) is 0 Å². The number of carbonyl (C=O) groups is 2. The van der Waals surface area contributed by atoms with Crippen LogP contribution in [-0.2, 0) is 11.3 Å². The smallest absolute Gasteiger partial charge is 0.337 e. The first kappa shape index (κ1) is 19.9. The molecular weight excluding hydrogens is 370 g/mol. The average molecular weight is 391 g/mol. The van der Waals surface area contributed by atoms with E-state index in [1.165, 1.54) is 14.2 Å². The zero-order valence-electron chi connectivity index (χ0n) is 16.2. The Morgan fingerprint density at radius 1 is 0.828 bits per heavy atom. The minimum Gasteiger partial charge on any atom is -0.493 e. The lowest BCUT2D eigenvalue weighted by Gasteiger charge is -2.12. The van der Waals surface area contributed by atoms with Crippen molar-refractivity contribution in [1.29, 1.82) is 0 Å². The summed E-state index contributed by atoms with van der Waals surface area (Å²) in [4.78, 5) is 23.9. The summed E-state index contributed by atoms with van der Waals surface area (Å²) < 4.78 is 15.8. The maximum absolute atomic E-state index is 12.3. The Morgan fingerprint density at radius 2 is 1.52 bits per heavy atom. The minimum atomic E-state index is -0.445. The van der Waals surface area contributed by atoms with Crippen LogP contribution in [0.4, 0.5) is 5.69 Å². The van der Waals surface area contributed by atoms with Crippen LogP contribution in [0.5, 0.6) is 11.5 Å². The van der Waals surface area contributed by atoms with Crippen molar-refractivity contribution < 1.29 is 23.8 Å². The van der Waals surface area contributed by atoms with Crippen molar-refractivity contribution in [2.75, 3.05) is 19.5 Å². The molecule has 0 fully saturated rings. The van der Waals surface area contributed by atoms with Crippen molar-refractivity contribution in [2.45, 2.75) is 6.61 Å². The number of hydrogen-bond acceptors (Lipinski definition) is 5. The molecule has 3 aromatic rings. The number of benzene rings is 3. The van der Waals surface area contributed by atoms with Crippen LogP contribution >= 0.6 is 0 Å². The standard InChI is InChI=1S/C23H21NO5/c1-27-21-14-18(23(26)28-2)12-13-20(21)29-15-16-8-10-17(11-9-16)22(25)24-19-6-4-3-5-7-19/h3-14H,15H2,1-2H3,(H,24,25). The van der Waals surface area contributed by atoms with Crippen molar-refractivity contribution in [3.05, 3.63) is 89.5 Å². The summed E-state index contributed by atoms with van der Waals surface area (Å²) in [6.07, 6.45) is 0. The predicted molar refractivity (Wildman–Crippen MR) is 110 cm³/mol. The third kappa shape index (κ3) is 5.13. The maximum atomic E-state index is 12.3. The highest BCUT2D eigenvalue weighted by Crippen LogP contribution is 2.29. The molecule has 3 rings (SSSR count). The van der Waals surface area contributed by atoms with Gasteiger partial charge in [-0.1, -0.05) is 30.3 Å². The van der Waals surface area contributed by atoms with Crippen LogP contribution in [0.15, 0.2) is 72.8 Å². The molecule has 6 heteroatoms. The summed E-state index contributed by atoms with van der Waals surface area (Å²) in [5, 5.41) is 2.85. The Hall–Kier alpha value is -3.80. The lowest BCUT2D eigenvalue weighted by atomic mass is 10.1. The average Bonchev–Trinajstić information content (AvgIpc) is 2.78. The second-order valence-electron chi connectivity index (χ2n) is 6.16. The number of para-hydroxylation sites is 1. The van der Waals surface area contributed by atoms with Gasteiger partial charge < -0.3 is 19.5 Å². The molecule has 1 N–H and O–H groups in total. The third-order valence-corrected chi connectivity index (χ3v) is 4.23. The molecule has 0 aliphatic heterocycles. The quantitative estimate of drug-likeness (QED) is 0.608. The zero-order chi connectivity index (χ0) is 20.6. The van der Waals surface area contributed by atoms with E-state index in [1.54, 1.807) is 30.3 Å². The third-order valence-electron chi connectivity index (χ3n) is 4.23. The summed E-state index contributed by atoms with van der Waals surface area (Å²) in [6, 6.07) is 21.3. The van der Waals surface area contributed by atoms with E-state index in [2.05, 4.69) is 5.32 Å². The number of anilines is 1. The van der Waals surface area contributed by atoms with Gasteiger partial charge in [-0.3, -0.25) is 4.79 Å². The first-order valence-electron chi connectivity index (χ1n) is 8.95. The first-order valence-corrected chi connectivity index (χ1v) is 8.95. The Balaban J connectivity index is 1.63. The fourth-order valence-electron chi connectivity index (χ4n) is 2.67. The van der Waals surface area contributed by atoms with Crippen molar-refractivity contribution in [3.8, 4) is 11.5 Å². The summed E-state index contributed by atoms with van der Waals surface area (Å²) in [6.45, 7) is 0.286. The van der Waals surface area contributed by atoms with Crippen molar-refractivity contribution >= 4 is 17.6 Å². The van der Waals surface area contributed by atoms with Gasteiger partial charge in [0.1, 0.15) is 6.61 Å². The fraction of sp³-hybridized carbons (Fsp3) is 0.130. The molecule has 0 saturated heterocycles. The maximum Gasteiger partial charge on any atom is 0.337 e. The van der Waals surface area contributed by atoms with Gasteiger partial charge in [0.15, 0.2) is 11.5 Å². The second-order valence-corrected chi connectivity index (χ2v) is 6.16. The molecule has 0 heterocycles. The molecule has 0 atom stereocenters. The molecule has 0 radical (unpaired) electrons. The number of hydrogen-bond donors (Lipinski definition) is 1.